The van der Waals surface area contributed by atoms with Crippen LogP contribution in [0.1, 0.15) is 18.2 Å². The molecule has 17 heavy (non-hydrogen) atoms. The molecular weight excluding hydrogens is 255 g/mol. The fraction of sp³-hybridized carbons (Fsp3) is 0.154. The van der Waals surface area contributed by atoms with Gasteiger partial charge in [0.25, 0.3) is 0 Å². The Hall–Kier alpha value is -1.43. The molecule has 1 aromatic carbocycles. The summed E-state index contributed by atoms with van der Waals surface area (Å²) in [5.41, 5.74) is 3.43. The van der Waals surface area contributed by atoms with E-state index in [1.807, 2.05) is 19.1 Å². The third-order valence-corrected chi connectivity index (χ3v) is 3.34. The van der Waals surface area contributed by atoms with Crippen molar-refractivity contribution in [2.75, 3.05) is 0 Å². The molecule has 0 spiro atoms. The quantitative estimate of drug-likeness (QED) is 0.857. The van der Waals surface area contributed by atoms with E-state index in [0.717, 1.165) is 23.4 Å². The van der Waals surface area contributed by atoms with Crippen molar-refractivity contribution in [2.24, 2.45) is 0 Å². The number of halogens is 2. The van der Waals surface area contributed by atoms with Crippen molar-refractivity contribution >= 4 is 23.2 Å². The number of hydrogen-bond donors (Lipinski definition) is 1. The topological polar surface area (TPSA) is 39.6 Å². The molecule has 2 nitrogen and oxygen atoms in total. The molecule has 86 valence electrons. The van der Waals surface area contributed by atoms with Crippen molar-refractivity contribution in [3.05, 3.63) is 45.6 Å². The minimum Gasteiger partial charge on any atom is -0.357 e. The molecule has 0 bridgehead atoms. The van der Waals surface area contributed by atoms with Gasteiger partial charge in [-0.15, -0.1) is 0 Å². The van der Waals surface area contributed by atoms with Gasteiger partial charge in [-0.2, -0.15) is 5.26 Å². The van der Waals surface area contributed by atoms with E-state index in [-0.39, 0.29) is 0 Å². The average Bonchev–Trinajstić information content (AvgIpc) is 2.75. The van der Waals surface area contributed by atoms with E-state index in [0.29, 0.717) is 15.6 Å². The average molecular weight is 265 g/mol. The van der Waals surface area contributed by atoms with E-state index in [2.05, 4.69) is 11.1 Å². The van der Waals surface area contributed by atoms with Crippen molar-refractivity contribution in [2.45, 2.75) is 13.3 Å². The smallest absolute Gasteiger partial charge is 0.101 e. The van der Waals surface area contributed by atoms with Crippen molar-refractivity contribution in [1.29, 1.82) is 5.26 Å². The largest absolute Gasteiger partial charge is 0.357 e. The van der Waals surface area contributed by atoms with Gasteiger partial charge in [-0.1, -0.05) is 36.2 Å². The van der Waals surface area contributed by atoms with Crippen LogP contribution >= 0.6 is 23.2 Å². The maximum Gasteiger partial charge on any atom is 0.101 e. The van der Waals surface area contributed by atoms with Gasteiger partial charge in [0.15, 0.2) is 0 Å². The van der Waals surface area contributed by atoms with Crippen molar-refractivity contribution in [1.82, 2.24) is 4.98 Å². The monoisotopic (exact) mass is 264 g/mol. The number of aromatic amines is 1. The van der Waals surface area contributed by atoms with E-state index in [1.54, 1.807) is 12.1 Å². The molecular formula is C13H10Cl2N2. The summed E-state index contributed by atoms with van der Waals surface area (Å²) in [4.78, 5) is 3.22. The van der Waals surface area contributed by atoms with Gasteiger partial charge in [-0.05, 0) is 30.2 Å². The molecule has 1 N–H and O–H groups in total. The molecule has 0 fully saturated rings. The third-order valence-electron chi connectivity index (χ3n) is 2.60. The Morgan fingerprint density at radius 3 is 2.53 bits per heavy atom. The fourth-order valence-electron chi connectivity index (χ4n) is 1.70. The van der Waals surface area contributed by atoms with Crippen LogP contribution in [-0.2, 0) is 6.42 Å². The highest BCUT2D eigenvalue weighted by atomic mass is 35.5. The zero-order valence-corrected chi connectivity index (χ0v) is 10.7. The van der Waals surface area contributed by atoms with Crippen molar-refractivity contribution < 1.29 is 0 Å². The van der Waals surface area contributed by atoms with E-state index in [9.17, 15) is 0 Å². The van der Waals surface area contributed by atoms with E-state index in [4.69, 9.17) is 28.5 Å². The van der Waals surface area contributed by atoms with Crippen molar-refractivity contribution in [3.63, 3.8) is 0 Å². The normalized spacial score (nSPS) is 10.2. The van der Waals surface area contributed by atoms with Crippen LogP contribution in [0.5, 0.6) is 0 Å². The third kappa shape index (κ3) is 2.31. The summed E-state index contributed by atoms with van der Waals surface area (Å²) in [6.07, 6.45) is 0.796. The van der Waals surface area contributed by atoms with Crippen LogP contribution in [0.3, 0.4) is 0 Å². The number of nitriles is 1. The first-order valence-electron chi connectivity index (χ1n) is 5.23. The maximum absolute atomic E-state index is 8.99. The van der Waals surface area contributed by atoms with Gasteiger partial charge >= 0.3 is 0 Å². The van der Waals surface area contributed by atoms with Gasteiger partial charge in [0.1, 0.15) is 6.07 Å². The van der Waals surface area contributed by atoms with Crippen LogP contribution in [0.25, 0.3) is 11.3 Å². The number of hydrogen-bond acceptors (Lipinski definition) is 1. The van der Waals surface area contributed by atoms with Gasteiger partial charge < -0.3 is 4.98 Å². The Kier molecular flexibility index (Phi) is 3.42. The number of aromatic nitrogens is 1. The minimum atomic E-state index is 0.510. The first-order valence-corrected chi connectivity index (χ1v) is 5.98. The lowest BCUT2D eigenvalue weighted by atomic mass is 10.1. The Bertz CT molecular complexity index is 594. The highest BCUT2D eigenvalue weighted by molar-refractivity contribution is 6.42. The zero-order chi connectivity index (χ0) is 12.4. The fourth-order valence-corrected chi connectivity index (χ4v) is 1.99. The number of aryl methyl sites for hydroxylation is 1. The Labute approximate surface area is 110 Å². The molecule has 0 atom stereocenters. The van der Waals surface area contributed by atoms with Crippen molar-refractivity contribution in [3.8, 4) is 17.3 Å². The first kappa shape index (κ1) is 12.0. The van der Waals surface area contributed by atoms with Crippen LogP contribution < -0.4 is 0 Å². The molecule has 2 aromatic rings. The summed E-state index contributed by atoms with van der Waals surface area (Å²) in [5, 5.41) is 10.0. The number of benzene rings is 1. The summed E-state index contributed by atoms with van der Waals surface area (Å²) < 4.78 is 0. The Morgan fingerprint density at radius 1 is 1.24 bits per heavy atom. The van der Waals surface area contributed by atoms with Gasteiger partial charge in [0.05, 0.1) is 15.6 Å². The molecule has 4 heteroatoms. The van der Waals surface area contributed by atoms with Crippen LogP contribution in [0.2, 0.25) is 10.0 Å². The second-order valence-corrected chi connectivity index (χ2v) is 4.48. The molecule has 1 heterocycles. The predicted molar refractivity (Wildman–Crippen MR) is 70.3 cm³/mol. The molecule has 0 radical (unpaired) electrons. The molecule has 0 saturated carbocycles. The van der Waals surface area contributed by atoms with Gasteiger partial charge in [-0.25, -0.2) is 0 Å². The molecule has 0 aliphatic heterocycles. The molecule has 0 aliphatic rings. The lowest BCUT2D eigenvalue weighted by Gasteiger charge is -2.00. The van der Waals surface area contributed by atoms with Crippen LogP contribution in [-0.4, -0.2) is 4.98 Å². The molecule has 0 unspecified atom stereocenters. The Morgan fingerprint density at radius 2 is 2.00 bits per heavy atom. The Balaban J connectivity index is 2.50. The highest BCUT2D eigenvalue weighted by Gasteiger charge is 2.09. The molecule has 2 rings (SSSR count). The molecule has 0 aliphatic carbocycles. The lowest BCUT2D eigenvalue weighted by Crippen LogP contribution is -1.83. The van der Waals surface area contributed by atoms with Gasteiger partial charge in [0.2, 0.25) is 0 Å². The zero-order valence-electron chi connectivity index (χ0n) is 9.22. The number of nitrogens with one attached hydrogen (secondary N) is 1. The van der Waals surface area contributed by atoms with Crippen LogP contribution in [0.15, 0.2) is 24.3 Å². The van der Waals surface area contributed by atoms with E-state index in [1.165, 1.54) is 0 Å². The SMILES string of the molecule is CCc1[nH]c(-c2ccc(Cl)c(Cl)c2)cc1C#N. The highest BCUT2D eigenvalue weighted by Crippen LogP contribution is 2.29. The number of rotatable bonds is 2. The minimum absolute atomic E-state index is 0.510. The first-order chi connectivity index (χ1) is 8.15. The maximum atomic E-state index is 8.99. The molecule has 1 aromatic heterocycles. The summed E-state index contributed by atoms with van der Waals surface area (Å²) >= 11 is 11.8. The van der Waals surface area contributed by atoms with E-state index >= 15 is 0 Å². The summed E-state index contributed by atoms with van der Waals surface area (Å²) in [5.74, 6) is 0. The van der Waals surface area contributed by atoms with Crippen LogP contribution in [0.4, 0.5) is 0 Å². The number of H-pyrrole nitrogens is 1. The second-order valence-electron chi connectivity index (χ2n) is 3.67. The standard InChI is InChI=1S/C13H10Cl2N2/c1-2-12-9(7-16)6-13(17-12)8-3-4-10(14)11(15)5-8/h3-6,17H,2H2,1H3. The molecule has 0 saturated heterocycles. The summed E-state index contributed by atoms with van der Waals surface area (Å²) in [6, 6.07) is 9.42. The summed E-state index contributed by atoms with van der Waals surface area (Å²) in [7, 11) is 0. The predicted octanol–water partition coefficient (Wildman–Crippen LogP) is 4.42. The second kappa shape index (κ2) is 4.83. The number of nitrogens with zero attached hydrogens (tertiary/aromatic N) is 1. The van der Waals surface area contributed by atoms with Gasteiger partial charge in [-0.3, -0.25) is 0 Å². The van der Waals surface area contributed by atoms with Gasteiger partial charge in [0, 0.05) is 11.4 Å². The van der Waals surface area contributed by atoms with Crippen LogP contribution in [0, 0.1) is 11.3 Å². The van der Waals surface area contributed by atoms with E-state index < -0.39 is 0 Å². The summed E-state index contributed by atoms with van der Waals surface area (Å²) in [6.45, 7) is 2.01. The lowest BCUT2D eigenvalue weighted by molar-refractivity contribution is 1.06. The molecule has 0 amide bonds.